The molecule has 0 fully saturated rings. The molecule has 1 heterocycles. The molecule has 2 aromatic rings. The van der Waals surface area contributed by atoms with Crippen molar-refractivity contribution in [1.82, 2.24) is 0 Å². The fraction of sp³-hybridized carbons (Fsp3) is 0.238. The summed E-state index contributed by atoms with van der Waals surface area (Å²) in [5.41, 5.74) is 0. The van der Waals surface area contributed by atoms with Gasteiger partial charge in [0.2, 0.25) is 6.29 Å². The minimum absolute atomic E-state index is 0.0476. The van der Waals surface area contributed by atoms with Gasteiger partial charge in [0.1, 0.15) is 0 Å². The minimum Gasteiger partial charge on any atom is -0.470 e. The van der Waals surface area contributed by atoms with E-state index in [1.807, 2.05) is 18.2 Å². The molecule has 0 aromatic heterocycles. The number of allylic oxidation sites excluding steroid dienone is 2. The Morgan fingerprint density at radius 3 is 1.79 bits per heavy atom. The lowest BCUT2D eigenvalue weighted by Gasteiger charge is -2.44. The van der Waals surface area contributed by atoms with Crippen LogP contribution in [-0.2, 0) is 9.16 Å². The molecule has 124 valence electrons. The molecule has 3 rings (SSSR count). The molecular weight excluding hydrogens is 312 g/mol. The zero-order chi connectivity index (χ0) is 17.0. The zero-order valence-corrected chi connectivity index (χ0v) is 15.5. The standard InChI is InChI=1S/C21H24O2Si/c1-21(2,3)24(18-12-6-4-7-13-18,19-14-8-5-9-15-19)23-20-16-10-11-17-22-20/h4-17,20H,1-3H3/t20-/m1/s1. The van der Waals surface area contributed by atoms with Crippen molar-refractivity contribution in [2.24, 2.45) is 0 Å². The highest BCUT2D eigenvalue weighted by molar-refractivity contribution is 6.99. The van der Waals surface area contributed by atoms with Crippen molar-refractivity contribution in [3.8, 4) is 0 Å². The summed E-state index contributed by atoms with van der Waals surface area (Å²) in [4.78, 5) is 0. The van der Waals surface area contributed by atoms with Gasteiger partial charge in [0.25, 0.3) is 8.32 Å². The Kier molecular flexibility index (Phi) is 4.74. The normalized spacial score (nSPS) is 17.5. The lowest BCUT2D eigenvalue weighted by atomic mass is 10.2. The Hall–Kier alpha value is -2.10. The molecule has 0 N–H and O–H groups in total. The summed E-state index contributed by atoms with van der Waals surface area (Å²) in [5.74, 6) is 0. The van der Waals surface area contributed by atoms with Gasteiger partial charge in [-0.25, -0.2) is 0 Å². The largest absolute Gasteiger partial charge is 0.470 e. The van der Waals surface area contributed by atoms with Gasteiger partial charge in [0, 0.05) is 0 Å². The van der Waals surface area contributed by atoms with Gasteiger partial charge in [-0.15, -0.1) is 0 Å². The first-order chi connectivity index (χ1) is 11.5. The predicted molar refractivity (Wildman–Crippen MR) is 102 cm³/mol. The fourth-order valence-electron chi connectivity index (χ4n) is 3.30. The highest BCUT2D eigenvalue weighted by Gasteiger charge is 2.51. The van der Waals surface area contributed by atoms with E-state index in [9.17, 15) is 0 Å². The molecule has 2 aromatic carbocycles. The van der Waals surface area contributed by atoms with Crippen molar-refractivity contribution in [2.45, 2.75) is 32.1 Å². The van der Waals surface area contributed by atoms with Gasteiger partial charge in [0.15, 0.2) is 0 Å². The minimum atomic E-state index is -2.55. The number of rotatable bonds is 4. The predicted octanol–water partition coefficient (Wildman–Crippen LogP) is 3.99. The molecule has 3 heteroatoms. The van der Waals surface area contributed by atoms with E-state index in [1.54, 1.807) is 6.26 Å². The molecule has 0 bridgehead atoms. The van der Waals surface area contributed by atoms with E-state index in [0.29, 0.717) is 0 Å². The summed E-state index contributed by atoms with van der Waals surface area (Å²) in [6.07, 6.45) is 7.17. The maximum absolute atomic E-state index is 6.79. The third-order valence-electron chi connectivity index (χ3n) is 4.38. The van der Waals surface area contributed by atoms with Crippen molar-refractivity contribution in [2.75, 3.05) is 0 Å². The van der Waals surface area contributed by atoms with E-state index in [0.717, 1.165) is 0 Å². The van der Waals surface area contributed by atoms with Crippen LogP contribution in [0, 0.1) is 0 Å². The number of benzene rings is 2. The fourth-order valence-corrected chi connectivity index (χ4v) is 7.80. The third kappa shape index (κ3) is 3.10. The summed E-state index contributed by atoms with van der Waals surface area (Å²) in [6, 6.07) is 21.2. The number of hydrogen-bond acceptors (Lipinski definition) is 2. The van der Waals surface area contributed by atoms with Gasteiger partial charge < -0.3 is 9.16 Å². The molecule has 1 aliphatic heterocycles. The topological polar surface area (TPSA) is 18.5 Å². The molecule has 24 heavy (non-hydrogen) atoms. The van der Waals surface area contributed by atoms with Crippen LogP contribution in [0.5, 0.6) is 0 Å². The first-order valence-electron chi connectivity index (χ1n) is 8.32. The highest BCUT2D eigenvalue weighted by atomic mass is 28.4. The van der Waals surface area contributed by atoms with Crippen LogP contribution in [0.1, 0.15) is 20.8 Å². The SMILES string of the molecule is CC(C)(C)[Si](O[C@@H]1C=CC=CO1)(c1ccccc1)c1ccccc1. The quantitative estimate of drug-likeness (QED) is 0.786. The van der Waals surface area contributed by atoms with Gasteiger partial charge >= 0.3 is 0 Å². The van der Waals surface area contributed by atoms with Gasteiger partial charge in [-0.1, -0.05) is 87.5 Å². The van der Waals surface area contributed by atoms with Gasteiger partial charge in [-0.3, -0.25) is 0 Å². The molecule has 0 unspecified atom stereocenters. The van der Waals surface area contributed by atoms with Gasteiger partial charge in [-0.05, 0) is 27.6 Å². The maximum Gasteiger partial charge on any atom is 0.266 e. The van der Waals surface area contributed by atoms with Crippen LogP contribution in [0.3, 0.4) is 0 Å². The van der Waals surface area contributed by atoms with Crippen molar-refractivity contribution in [3.05, 3.63) is 85.2 Å². The van der Waals surface area contributed by atoms with E-state index in [1.165, 1.54) is 10.4 Å². The molecule has 0 saturated heterocycles. The molecule has 0 radical (unpaired) electrons. The molecular formula is C21H24O2Si. The van der Waals surface area contributed by atoms with Crippen LogP contribution >= 0.6 is 0 Å². The Balaban J connectivity index is 2.17. The average molecular weight is 337 g/mol. The summed E-state index contributed by atoms with van der Waals surface area (Å²) in [6.45, 7) is 6.80. The van der Waals surface area contributed by atoms with E-state index >= 15 is 0 Å². The molecule has 2 nitrogen and oxygen atoms in total. The Morgan fingerprint density at radius 1 is 0.833 bits per heavy atom. The van der Waals surface area contributed by atoms with Crippen LogP contribution in [0.25, 0.3) is 0 Å². The highest BCUT2D eigenvalue weighted by Crippen LogP contribution is 2.37. The first-order valence-corrected chi connectivity index (χ1v) is 10.2. The Labute approximate surface area is 145 Å². The summed E-state index contributed by atoms with van der Waals surface area (Å²) in [5, 5.41) is 2.47. The first kappa shape index (κ1) is 16.7. The maximum atomic E-state index is 6.79. The van der Waals surface area contributed by atoms with Crippen molar-refractivity contribution in [3.63, 3.8) is 0 Å². The van der Waals surface area contributed by atoms with E-state index < -0.39 is 8.32 Å². The van der Waals surface area contributed by atoms with Crippen LogP contribution in [0.4, 0.5) is 0 Å². The van der Waals surface area contributed by atoms with E-state index in [2.05, 4.69) is 81.4 Å². The number of ether oxygens (including phenoxy) is 1. The zero-order valence-electron chi connectivity index (χ0n) is 14.5. The molecule has 0 saturated carbocycles. The van der Waals surface area contributed by atoms with Crippen LogP contribution < -0.4 is 10.4 Å². The van der Waals surface area contributed by atoms with Crippen LogP contribution in [-0.4, -0.2) is 14.6 Å². The Morgan fingerprint density at radius 2 is 1.38 bits per heavy atom. The summed E-state index contributed by atoms with van der Waals surface area (Å²) < 4.78 is 12.5. The van der Waals surface area contributed by atoms with Crippen LogP contribution in [0.15, 0.2) is 85.2 Å². The molecule has 1 aliphatic rings. The molecule has 0 aliphatic carbocycles. The second-order valence-corrected chi connectivity index (χ2v) is 11.3. The van der Waals surface area contributed by atoms with Crippen molar-refractivity contribution < 1.29 is 9.16 Å². The van der Waals surface area contributed by atoms with E-state index in [4.69, 9.17) is 9.16 Å². The molecule has 1 atom stereocenters. The van der Waals surface area contributed by atoms with E-state index in [-0.39, 0.29) is 11.3 Å². The summed E-state index contributed by atoms with van der Waals surface area (Å²) in [7, 11) is -2.55. The monoisotopic (exact) mass is 336 g/mol. The second-order valence-electron chi connectivity index (χ2n) is 7.00. The third-order valence-corrected chi connectivity index (χ3v) is 9.37. The number of hydrogen-bond donors (Lipinski definition) is 0. The lowest BCUT2D eigenvalue weighted by Crippen LogP contribution is -2.67. The van der Waals surface area contributed by atoms with Crippen molar-refractivity contribution >= 4 is 18.7 Å². The smallest absolute Gasteiger partial charge is 0.266 e. The second kappa shape index (κ2) is 6.79. The Bertz CT molecular complexity index is 675. The lowest BCUT2D eigenvalue weighted by molar-refractivity contribution is 0.0000617. The van der Waals surface area contributed by atoms with Crippen LogP contribution in [0.2, 0.25) is 5.04 Å². The van der Waals surface area contributed by atoms with Gasteiger partial charge in [0.05, 0.1) is 6.26 Å². The van der Waals surface area contributed by atoms with Gasteiger partial charge in [-0.2, -0.15) is 0 Å². The summed E-state index contributed by atoms with van der Waals surface area (Å²) >= 11 is 0. The molecule has 0 spiro atoms. The molecule has 0 amide bonds. The average Bonchev–Trinajstić information content (AvgIpc) is 2.61. The van der Waals surface area contributed by atoms with Crippen molar-refractivity contribution in [1.29, 1.82) is 0 Å².